The molecule has 17 heavy (non-hydrogen) atoms. The summed E-state index contributed by atoms with van der Waals surface area (Å²) in [5, 5.41) is 25.6. The minimum absolute atomic E-state index is 0.0531. The number of halogens is 3. The van der Waals surface area contributed by atoms with Crippen molar-refractivity contribution in [2.24, 2.45) is 0 Å². The van der Waals surface area contributed by atoms with E-state index in [4.69, 9.17) is 5.21 Å². The third-order valence-electron chi connectivity index (χ3n) is 2.04. The zero-order valence-corrected chi connectivity index (χ0v) is 7.84. The molecule has 1 heterocycles. The van der Waals surface area contributed by atoms with Gasteiger partial charge in [-0.15, -0.1) is 5.10 Å². The van der Waals surface area contributed by atoms with Gasteiger partial charge < -0.3 is 5.21 Å². The monoisotopic (exact) mass is 248 g/mol. The maximum atomic E-state index is 12.6. The zero-order chi connectivity index (χ0) is 12.8. The Morgan fingerprint density at radius 1 is 1.41 bits per heavy atom. The van der Waals surface area contributed by atoms with Crippen molar-refractivity contribution < 1.29 is 23.3 Å². The summed E-state index contributed by atoms with van der Waals surface area (Å²) in [6.07, 6.45) is -4.82. The normalized spacial score (nSPS) is 11.9. The number of hydrogen-bond donors (Lipinski definition) is 1. The van der Waals surface area contributed by atoms with Gasteiger partial charge in [-0.1, -0.05) is 4.85 Å². The van der Waals surface area contributed by atoms with E-state index in [1.54, 1.807) is 0 Å². The van der Waals surface area contributed by atoms with Gasteiger partial charge in [0.25, 0.3) is 5.69 Å². The smallest absolute Gasteiger partial charge is 0.410 e. The molecule has 0 aliphatic heterocycles. The summed E-state index contributed by atoms with van der Waals surface area (Å²) in [6.45, 7) is 0. The molecule has 0 radical (unpaired) electrons. The first-order chi connectivity index (χ1) is 7.80. The quantitative estimate of drug-likeness (QED) is 0.469. The number of non-ortho nitro benzene ring substituents is 1. The molecule has 1 N–H and O–H groups in total. The van der Waals surface area contributed by atoms with Crippen molar-refractivity contribution in [3.63, 3.8) is 0 Å². The summed E-state index contributed by atoms with van der Waals surface area (Å²) >= 11 is 0. The van der Waals surface area contributed by atoms with Gasteiger partial charge >= 0.3 is 6.18 Å². The van der Waals surface area contributed by atoms with Gasteiger partial charge in [0.05, 0.1) is 10.5 Å². The molecule has 0 spiro atoms. The van der Waals surface area contributed by atoms with E-state index in [2.05, 4.69) is 10.3 Å². The molecule has 90 valence electrons. The molecule has 0 unspecified atom stereocenters. The Labute approximate surface area is 90.2 Å². The molecule has 1 aromatic carbocycles. The van der Waals surface area contributed by atoms with Crippen LogP contribution in [0.5, 0.6) is 0 Å². The largest absolute Gasteiger partial charge is 0.418 e. The van der Waals surface area contributed by atoms with Crippen LogP contribution >= 0.6 is 0 Å². The molecule has 2 aromatic rings. The Morgan fingerprint density at radius 3 is 2.59 bits per heavy atom. The van der Waals surface area contributed by atoms with Crippen molar-refractivity contribution in [1.29, 1.82) is 0 Å². The Hall–Kier alpha value is -2.39. The Balaban J connectivity index is 2.85. The molecular weight excluding hydrogens is 245 g/mol. The average molecular weight is 248 g/mol. The SMILES string of the molecule is O=[N+]([O-])c1cc(C(F)(F)F)c2nnn(O)c2c1. The summed E-state index contributed by atoms with van der Waals surface area (Å²) in [7, 11) is 0. The van der Waals surface area contributed by atoms with Crippen LogP contribution in [0.4, 0.5) is 18.9 Å². The fourth-order valence-electron chi connectivity index (χ4n) is 1.32. The van der Waals surface area contributed by atoms with Crippen LogP contribution in [-0.2, 0) is 6.18 Å². The first-order valence-corrected chi connectivity index (χ1v) is 4.11. The van der Waals surface area contributed by atoms with Crippen LogP contribution in [0, 0.1) is 10.1 Å². The molecule has 0 saturated heterocycles. The number of benzene rings is 1. The average Bonchev–Trinajstić information content (AvgIpc) is 2.58. The van der Waals surface area contributed by atoms with Crippen molar-refractivity contribution in [3.8, 4) is 0 Å². The predicted molar refractivity (Wildman–Crippen MR) is 46.4 cm³/mol. The van der Waals surface area contributed by atoms with E-state index in [0.29, 0.717) is 6.07 Å². The molecule has 0 atom stereocenters. The molecular formula is C7H3F3N4O3. The van der Waals surface area contributed by atoms with Crippen molar-refractivity contribution >= 4 is 16.7 Å². The Morgan fingerprint density at radius 2 is 2.06 bits per heavy atom. The van der Waals surface area contributed by atoms with E-state index in [0.717, 1.165) is 6.07 Å². The van der Waals surface area contributed by atoms with Gasteiger partial charge in [-0.2, -0.15) is 13.2 Å². The van der Waals surface area contributed by atoms with Gasteiger partial charge in [-0.05, 0) is 5.21 Å². The molecule has 0 saturated carbocycles. The molecule has 7 nitrogen and oxygen atoms in total. The zero-order valence-electron chi connectivity index (χ0n) is 7.84. The number of hydrogen-bond acceptors (Lipinski definition) is 5. The maximum absolute atomic E-state index is 12.6. The fourth-order valence-corrected chi connectivity index (χ4v) is 1.32. The van der Waals surface area contributed by atoms with Crippen LogP contribution in [0.1, 0.15) is 5.56 Å². The van der Waals surface area contributed by atoms with E-state index in [1.807, 2.05) is 0 Å². The Bertz CT molecular complexity index is 606. The maximum Gasteiger partial charge on any atom is 0.418 e. The highest BCUT2D eigenvalue weighted by molar-refractivity contribution is 5.81. The molecule has 0 bridgehead atoms. The van der Waals surface area contributed by atoms with Gasteiger partial charge in [0.2, 0.25) is 0 Å². The van der Waals surface area contributed by atoms with Gasteiger partial charge in [-0.3, -0.25) is 10.1 Å². The fraction of sp³-hybridized carbons (Fsp3) is 0.143. The first-order valence-electron chi connectivity index (χ1n) is 4.11. The molecule has 10 heteroatoms. The predicted octanol–water partition coefficient (Wildman–Crippen LogP) is 1.60. The second-order valence-electron chi connectivity index (χ2n) is 3.09. The minimum atomic E-state index is -4.82. The van der Waals surface area contributed by atoms with E-state index in [-0.39, 0.29) is 4.85 Å². The first kappa shape index (κ1) is 11.1. The van der Waals surface area contributed by atoms with Crippen LogP contribution in [0.15, 0.2) is 12.1 Å². The third-order valence-corrected chi connectivity index (χ3v) is 2.04. The molecule has 2 rings (SSSR count). The van der Waals surface area contributed by atoms with E-state index < -0.39 is 33.4 Å². The highest BCUT2D eigenvalue weighted by atomic mass is 19.4. The van der Waals surface area contributed by atoms with Crippen LogP contribution in [0.3, 0.4) is 0 Å². The van der Waals surface area contributed by atoms with E-state index in [9.17, 15) is 23.3 Å². The van der Waals surface area contributed by atoms with Gasteiger partial charge in [0.1, 0.15) is 11.0 Å². The molecule has 0 aliphatic carbocycles. The highest BCUT2D eigenvalue weighted by Gasteiger charge is 2.36. The number of aromatic nitrogens is 3. The second-order valence-corrected chi connectivity index (χ2v) is 3.09. The third kappa shape index (κ3) is 1.73. The molecule has 1 aromatic heterocycles. The summed E-state index contributed by atoms with van der Waals surface area (Å²) < 4.78 is 37.8. The topological polar surface area (TPSA) is 94.1 Å². The Kier molecular flexibility index (Phi) is 2.16. The van der Waals surface area contributed by atoms with Crippen LogP contribution < -0.4 is 0 Å². The van der Waals surface area contributed by atoms with Crippen LogP contribution in [0.25, 0.3) is 11.0 Å². The second kappa shape index (κ2) is 3.30. The molecule has 0 aliphatic rings. The van der Waals surface area contributed by atoms with E-state index in [1.165, 1.54) is 0 Å². The summed E-state index contributed by atoms with van der Waals surface area (Å²) in [5.74, 6) is 0. The standard InChI is InChI=1S/C7H3F3N4O3/c8-7(9,10)4-1-3(14(16)17)2-5-6(4)11-12-13(5)15/h1-2,15H. The molecule has 0 amide bonds. The van der Waals surface area contributed by atoms with Crippen molar-refractivity contribution in [1.82, 2.24) is 15.2 Å². The summed E-state index contributed by atoms with van der Waals surface area (Å²) in [5.41, 5.74) is -3.25. The van der Waals surface area contributed by atoms with Gasteiger partial charge in [0, 0.05) is 12.1 Å². The van der Waals surface area contributed by atoms with Crippen molar-refractivity contribution in [2.45, 2.75) is 6.18 Å². The van der Waals surface area contributed by atoms with Crippen LogP contribution in [0.2, 0.25) is 0 Å². The lowest BCUT2D eigenvalue weighted by Crippen LogP contribution is -2.07. The van der Waals surface area contributed by atoms with Crippen molar-refractivity contribution in [2.75, 3.05) is 0 Å². The lowest BCUT2D eigenvalue weighted by atomic mass is 10.1. The summed E-state index contributed by atoms with van der Waals surface area (Å²) in [6, 6.07) is 1.10. The summed E-state index contributed by atoms with van der Waals surface area (Å²) in [4.78, 5) is 9.52. The number of nitro groups is 1. The van der Waals surface area contributed by atoms with Gasteiger partial charge in [0.15, 0.2) is 0 Å². The van der Waals surface area contributed by atoms with Crippen molar-refractivity contribution in [3.05, 3.63) is 27.8 Å². The lowest BCUT2D eigenvalue weighted by Gasteiger charge is -2.06. The van der Waals surface area contributed by atoms with E-state index >= 15 is 0 Å². The lowest BCUT2D eigenvalue weighted by molar-refractivity contribution is -0.385. The van der Waals surface area contributed by atoms with Gasteiger partial charge in [-0.25, -0.2) is 0 Å². The minimum Gasteiger partial charge on any atom is -0.410 e. The number of rotatable bonds is 1. The number of nitro benzene ring substituents is 1. The number of fused-ring (bicyclic) bond motifs is 1. The van der Waals surface area contributed by atoms with Crippen LogP contribution in [-0.4, -0.2) is 25.3 Å². The highest BCUT2D eigenvalue weighted by Crippen LogP contribution is 2.36. The number of nitrogens with zero attached hydrogens (tertiary/aromatic N) is 4. The number of alkyl halides is 3. The molecule has 0 fully saturated rings.